The number of ether oxygens (including phenoxy) is 1. The second-order valence-electron chi connectivity index (χ2n) is 8.56. The summed E-state index contributed by atoms with van der Waals surface area (Å²) < 4.78 is 6.78. The fraction of sp³-hybridized carbons (Fsp3) is 0.208. The quantitative estimate of drug-likeness (QED) is 0.378. The molecule has 0 fully saturated rings. The van der Waals surface area contributed by atoms with Crippen molar-refractivity contribution in [1.82, 2.24) is 24.4 Å². The van der Waals surface area contributed by atoms with Crippen LogP contribution in [0.1, 0.15) is 0 Å². The Morgan fingerprint density at radius 1 is 1.14 bits per heavy atom. The van der Waals surface area contributed by atoms with Crippen LogP contribution in [0.25, 0.3) is 16.7 Å². The number of hydrogen-bond acceptors (Lipinski definition) is 9. The largest absolute Gasteiger partial charge is 0.481 e. The molecule has 3 heterocycles. The first-order chi connectivity index (χ1) is 17.7. The van der Waals surface area contributed by atoms with Gasteiger partial charge in [-0.1, -0.05) is 29.3 Å². The number of nitrogens with one attached hydrogen (secondary N) is 1. The van der Waals surface area contributed by atoms with E-state index in [-0.39, 0.29) is 45.7 Å². The predicted octanol–water partition coefficient (Wildman–Crippen LogP) is 3.10. The molecule has 0 atom stereocenters. The first-order valence-corrected chi connectivity index (χ1v) is 12.0. The van der Waals surface area contributed by atoms with E-state index in [0.29, 0.717) is 29.1 Å². The summed E-state index contributed by atoms with van der Waals surface area (Å²) in [6.07, 6.45) is 1.46. The molecule has 0 spiro atoms. The maximum absolute atomic E-state index is 12.9. The van der Waals surface area contributed by atoms with Gasteiger partial charge in [-0.25, -0.2) is 14.3 Å². The number of halogens is 2. The number of carbonyl (C=O) groups excluding carboxylic acids is 1. The number of hydrogen-bond donors (Lipinski definition) is 2. The minimum Gasteiger partial charge on any atom is -0.481 e. The van der Waals surface area contributed by atoms with Crippen molar-refractivity contribution in [3.63, 3.8) is 0 Å². The van der Waals surface area contributed by atoms with Gasteiger partial charge in [-0.05, 0) is 38.4 Å². The van der Waals surface area contributed by atoms with Gasteiger partial charge in [-0.3, -0.25) is 4.79 Å². The van der Waals surface area contributed by atoms with Crippen LogP contribution in [-0.4, -0.2) is 64.1 Å². The molecule has 0 aliphatic carbocycles. The van der Waals surface area contributed by atoms with E-state index in [1.54, 1.807) is 41.3 Å². The average molecular weight is 541 g/mol. The van der Waals surface area contributed by atoms with E-state index < -0.39 is 5.69 Å². The normalized spacial score (nSPS) is 13.1. The number of nitrogens with two attached hydrogens (primary N) is 1. The van der Waals surface area contributed by atoms with Crippen molar-refractivity contribution in [2.45, 2.75) is 0 Å². The number of para-hydroxylation sites is 1. The molecule has 11 nitrogen and oxygen atoms in total. The maximum atomic E-state index is 12.9. The van der Waals surface area contributed by atoms with Gasteiger partial charge in [0, 0.05) is 31.0 Å². The minimum absolute atomic E-state index is 0.0404. The summed E-state index contributed by atoms with van der Waals surface area (Å²) >= 11 is 12.5. The highest BCUT2D eigenvalue weighted by Gasteiger charge is 2.26. The predicted molar refractivity (Wildman–Crippen MR) is 143 cm³/mol. The molecule has 3 N–H and O–H groups in total. The Labute approximate surface area is 221 Å². The third-order valence-electron chi connectivity index (χ3n) is 5.77. The number of rotatable bonds is 6. The van der Waals surface area contributed by atoms with Crippen LogP contribution >= 0.6 is 23.2 Å². The zero-order valence-electron chi connectivity index (χ0n) is 19.9. The maximum Gasteiger partial charge on any atom is 0.355 e. The van der Waals surface area contributed by atoms with Crippen LogP contribution in [-0.2, 0) is 4.79 Å². The highest BCUT2D eigenvalue weighted by Crippen LogP contribution is 2.35. The van der Waals surface area contributed by atoms with Gasteiger partial charge in [0.25, 0.3) is 5.91 Å². The Kier molecular flexibility index (Phi) is 6.59. The van der Waals surface area contributed by atoms with Crippen LogP contribution in [0.15, 0.2) is 47.4 Å². The first kappa shape index (κ1) is 24.8. The number of likely N-dealkylation sites (N-methyl/N-ethyl adjacent to an activating group) is 1. The Balaban J connectivity index is 1.46. The van der Waals surface area contributed by atoms with Gasteiger partial charge in [0.1, 0.15) is 11.6 Å². The molecule has 0 unspecified atom stereocenters. The minimum atomic E-state index is -0.686. The summed E-state index contributed by atoms with van der Waals surface area (Å²) in [4.78, 5) is 41.7. The van der Waals surface area contributed by atoms with Gasteiger partial charge in [0.2, 0.25) is 5.95 Å². The SMILES string of the molecule is CN(C)CCN1C(=O)COc2cc(Nc3ncc4c(N)n(-c5c(Cl)cccc5Cl)c(=O)nc4n3)ccc21. The van der Waals surface area contributed by atoms with Gasteiger partial charge in [0.05, 0.1) is 26.8 Å². The van der Waals surface area contributed by atoms with E-state index in [2.05, 4.69) is 20.3 Å². The lowest BCUT2D eigenvalue weighted by Crippen LogP contribution is -2.42. The number of amides is 1. The lowest BCUT2D eigenvalue weighted by atomic mass is 10.2. The zero-order chi connectivity index (χ0) is 26.3. The van der Waals surface area contributed by atoms with Gasteiger partial charge in [0.15, 0.2) is 12.3 Å². The van der Waals surface area contributed by atoms with Crippen molar-refractivity contribution in [3.05, 3.63) is 63.1 Å². The zero-order valence-corrected chi connectivity index (χ0v) is 21.4. The summed E-state index contributed by atoms with van der Waals surface area (Å²) in [5, 5.41) is 3.93. The number of nitrogens with zero attached hydrogens (tertiary/aromatic N) is 6. The van der Waals surface area contributed by atoms with Crippen molar-refractivity contribution < 1.29 is 9.53 Å². The molecule has 37 heavy (non-hydrogen) atoms. The van der Waals surface area contributed by atoms with E-state index in [1.165, 1.54) is 6.20 Å². The molecule has 4 aromatic rings. The van der Waals surface area contributed by atoms with Crippen molar-refractivity contribution >= 4 is 63.3 Å². The molecular weight excluding hydrogens is 519 g/mol. The number of nitrogen functional groups attached to an aromatic ring is 1. The van der Waals surface area contributed by atoms with Crippen molar-refractivity contribution in [2.24, 2.45) is 0 Å². The van der Waals surface area contributed by atoms with Gasteiger partial charge in [-0.15, -0.1) is 0 Å². The van der Waals surface area contributed by atoms with Crippen LogP contribution in [0.3, 0.4) is 0 Å². The molecule has 0 bridgehead atoms. The molecular formula is C24H22Cl2N8O3. The van der Waals surface area contributed by atoms with Crippen LogP contribution in [0, 0.1) is 0 Å². The van der Waals surface area contributed by atoms with E-state index in [4.69, 9.17) is 33.7 Å². The van der Waals surface area contributed by atoms with E-state index >= 15 is 0 Å². The fourth-order valence-electron chi connectivity index (χ4n) is 3.94. The number of fused-ring (bicyclic) bond motifs is 2. The Morgan fingerprint density at radius 2 is 1.89 bits per heavy atom. The second kappa shape index (κ2) is 9.85. The molecule has 1 amide bonds. The Bertz CT molecular complexity index is 1570. The number of aromatic nitrogens is 4. The standard InChI is InChI=1S/C24H22Cl2N8O3/c1-32(2)8-9-33-17-7-6-13(10-18(17)37-12-19(33)35)29-23-28-11-14-21(27)34(24(36)31-22(14)30-23)20-15(25)4-3-5-16(20)26/h3-7,10-11H,8-9,12,27H2,1-2H3,(H,29,30,31,36). The monoisotopic (exact) mass is 540 g/mol. The Hall–Kier alpha value is -3.93. The number of benzene rings is 2. The van der Waals surface area contributed by atoms with Crippen molar-refractivity contribution in [1.29, 1.82) is 0 Å². The van der Waals surface area contributed by atoms with Gasteiger partial charge < -0.3 is 25.6 Å². The van der Waals surface area contributed by atoms with Gasteiger partial charge in [-0.2, -0.15) is 9.97 Å². The van der Waals surface area contributed by atoms with Crippen molar-refractivity contribution in [2.75, 3.05) is 49.7 Å². The molecule has 13 heteroatoms. The lowest BCUT2D eigenvalue weighted by molar-refractivity contribution is -0.121. The van der Waals surface area contributed by atoms with Crippen LogP contribution in [0.4, 0.5) is 23.1 Å². The smallest absolute Gasteiger partial charge is 0.355 e. The molecule has 2 aromatic heterocycles. The fourth-order valence-corrected chi connectivity index (χ4v) is 4.50. The molecule has 2 aromatic carbocycles. The van der Waals surface area contributed by atoms with E-state index in [0.717, 1.165) is 11.1 Å². The van der Waals surface area contributed by atoms with Crippen molar-refractivity contribution in [3.8, 4) is 11.4 Å². The van der Waals surface area contributed by atoms with Crippen LogP contribution in [0.5, 0.6) is 5.75 Å². The highest BCUT2D eigenvalue weighted by atomic mass is 35.5. The van der Waals surface area contributed by atoms with E-state index in [9.17, 15) is 9.59 Å². The third-order valence-corrected chi connectivity index (χ3v) is 6.38. The van der Waals surface area contributed by atoms with Gasteiger partial charge >= 0.3 is 5.69 Å². The molecule has 1 aliphatic rings. The molecule has 5 rings (SSSR count). The molecule has 0 saturated heterocycles. The molecule has 190 valence electrons. The summed E-state index contributed by atoms with van der Waals surface area (Å²) in [5.74, 6) is 0.719. The summed E-state index contributed by atoms with van der Waals surface area (Å²) in [7, 11) is 3.90. The van der Waals surface area contributed by atoms with E-state index in [1.807, 2.05) is 19.0 Å². The summed E-state index contributed by atoms with van der Waals surface area (Å²) in [5.41, 5.74) is 7.26. The number of carbonyl (C=O) groups is 1. The molecule has 0 radical (unpaired) electrons. The second-order valence-corrected chi connectivity index (χ2v) is 9.38. The Morgan fingerprint density at radius 3 is 2.62 bits per heavy atom. The average Bonchev–Trinajstić information content (AvgIpc) is 2.85. The summed E-state index contributed by atoms with van der Waals surface area (Å²) in [6.45, 7) is 1.23. The van der Waals surface area contributed by atoms with Crippen LogP contribution < -0.4 is 26.4 Å². The molecule has 0 saturated carbocycles. The molecule has 1 aliphatic heterocycles. The topological polar surface area (TPSA) is 132 Å². The number of anilines is 4. The third kappa shape index (κ3) is 4.76. The summed E-state index contributed by atoms with van der Waals surface area (Å²) in [6, 6.07) is 10.2. The first-order valence-electron chi connectivity index (χ1n) is 11.2. The van der Waals surface area contributed by atoms with Crippen LogP contribution in [0.2, 0.25) is 10.0 Å². The highest BCUT2D eigenvalue weighted by molar-refractivity contribution is 6.37. The lowest BCUT2D eigenvalue weighted by Gasteiger charge is -2.30.